The average Bonchev–Trinajstić information content (AvgIpc) is 3.24. The highest BCUT2D eigenvalue weighted by Gasteiger charge is 2.19. The lowest BCUT2D eigenvalue weighted by Crippen LogP contribution is -2.26. The molecule has 6 rings (SSSR count). The lowest BCUT2D eigenvalue weighted by Gasteiger charge is -2.25. The van der Waals surface area contributed by atoms with E-state index in [-0.39, 0.29) is 0 Å². The summed E-state index contributed by atoms with van der Waals surface area (Å²) >= 11 is 0. The molecule has 4 heterocycles. The number of nitrogens with one attached hydrogen (secondary N) is 1. The molecule has 5 aromatic rings. The van der Waals surface area contributed by atoms with Crippen molar-refractivity contribution in [3.05, 3.63) is 90.3 Å². The van der Waals surface area contributed by atoms with Gasteiger partial charge in [0.25, 0.3) is 0 Å². The van der Waals surface area contributed by atoms with Crippen molar-refractivity contribution >= 4 is 22.8 Å². The zero-order chi connectivity index (χ0) is 23.1. The van der Waals surface area contributed by atoms with E-state index in [1.54, 1.807) is 6.20 Å². The number of hydrogen-bond acceptors (Lipinski definition) is 6. The second-order valence-corrected chi connectivity index (χ2v) is 8.74. The van der Waals surface area contributed by atoms with E-state index in [0.717, 1.165) is 53.2 Å². The molecule has 0 saturated heterocycles. The Balaban J connectivity index is 1.41. The van der Waals surface area contributed by atoms with Gasteiger partial charge in [0.15, 0.2) is 0 Å². The predicted molar refractivity (Wildman–Crippen MR) is 136 cm³/mol. The Morgan fingerprint density at radius 3 is 2.82 bits per heavy atom. The molecule has 0 unspecified atom stereocenters. The molecule has 0 radical (unpaired) electrons. The zero-order valence-corrected chi connectivity index (χ0v) is 18.9. The van der Waals surface area contributed by atoms with Gasteiger partial charge in [-0.05, 0) is 67.1 Å². The van der Waals surface area contributed by atoms with Gasteiger partial charge in [-0.2, -0.15) is 5.10 Å². The Bertz CT molecular complexity index is 1500. The molecule has 0 saturated carbocycles. The maximum absolute atomic E-state index is 6.07. The number of fused-ring (bicyclic) bond motifs is 2. The second-order valence-electron chi connectivity index (χ2n) is 8.74. The summed E-state index contributed by atoms with van der Waals surface area (Å²) in [6.07, 6.45) is 4.81. The Morgan fingerprint density at radius 1 is 0.971 bits per heavy atom. The number of nitrogens with two attached hydrogens (primary N) is 1. The van der Waals surface area contributed by atoms with E-state index in [2.05, 4.69) is 40.4 Å². The number of nitrogen functional groups attached to an aromatic ring is 1. The van der Waals surface area contributed by atoms with Crippen LogP contribution in [0.1, 0.15) is 11.1 Å². The van der Waals surface area contributed by atoms with E-state index in [0.29, 0.717) is 11.6 Å². The van der Waals surface area contributed by atoms with Crippen LogP contribution in [0, 0.1) is 0 Å². The summed E-state index contributed by atoms with van der Waals surface area (Å²) in [6, 6.07) is 22.2. The van der Waals surface area contributed by atoms with Gasteiger partial charge in [0, 0.05) is 42.4 Å². The van der Waals surface area contributed by atoms with Gasteiger partial charge in [0.1, 0.15) is 5.69 Å². The number of hydrogen-bond donors (Lipinski definition) is 2. The smallest absolute Gasteiger partial charge is 0.227 e. The first-order valence-electron chi connectivity index (χ1n) is 11.4. The van der Waals surface area contributed by atoms with Crippen molar-refractivity contribution in [3.63, 3.8) is 0 Å². The van der Waals surface area contributed by atoms with Gasteiger partial charge in [-0.1, -0.05) is 24.3 Å². The molecular weight excluding hydrogens is 422 g/mol. The fourth-order valence-electron chi connectivity index (χ4n) is 4.60. The van der Waals surface area contributed by atoms with E-state index in [1.807, 2.05) is 59.2 Å². The Labute approximate surface area is 197 Å². The summed E-state index contributed by atoms with van der Waals surface area (Å²) in [4.78, 5) is 11.7. The van der Waals surface area contributed by atoms with Gasteiger partial charge >= 0.3 is 0 Å². The van der Waals surface area contributed by atoms with Crippen molar-refractivity contribution in [1.82, 2.24) is 24.5 Å². The number of nitrogens with zero attached hydrogens (tertiary/aromatic N) is 5. The third-order valence-electron chi connectivity index (χ3n) is 6.28. The van der Waals surface area contributed by atoms with E-state index >= 15 is 0 Å². The minimum Gasteiger partial charge on any atom is -0.399 e. The molecule has 1 aliphatic rings. The summed E-state index contributed by atoms with van der Waals surface area (Å²) in [6.45, 7) is 2.05. The zero-order valence-electron chi connectivity index (χ0n) is 18.9. The molecule has 0 atom stereocenters. The average molecular weight is 448 g/mol. The van der Waals surface area contributed by atoms with Crippen molar-refractivity contribution < 1.29 is 0 Å². The summed E-state index contributed by atoms with van der Waals surface area (Å²) < 4.78 is 1.88. The van der Waals surface area contributed by atoms with Gasteiger partial charge in [0.05, 0.1) is 16.8 Å². The topological polar surface area (TPSA) is 84.4 Å². The van der Waals surface area contributed by atoms with E-state index in [4.69, 9.17) is 15.8 Å². The lowest BCUT2D eigenvalue weighted by atomic mass is 9.99. The van der Waals surface area contributed by atoms with Crippen LogP contribution in [0.4, 0.5) is 17.3 Å². The summed E-state index contributed by atoms with van der Waals surface area (Å²) in [5.41, 5.74) is 15.0. The van der Waals surface area contributed by atoms with Crippen LogP contribution in [0.5, 0.6) is 0 Å². The minimum atomic E-state index is 0.551. The Morgan fingerprint density at radius 2 is 1.91 bits per heavy atom. The molecular formula is C27H25N7. The monoisotopic (exact) mass is 447 g/mol. The third-order valence-corrected chi connectivity index (χ3v) is 6.28. The van der Waals surface area contributed by atoms with Gasteiger partial charge in [-0.3, -0.25) is 0 Å². The first-order valence-corrected chi connectivity index (χ1v) is 11.4. The Kier molecular flexibility index (Phi) is 4.96. The first kappa shape index (κ1) is 20.4. The van der Waals surface area contributed by atoms with E-state index in [1.165, 1.54) is 11.1 Å². The normalized spacial score (nSPS) is 13.7. The van der Waals surface area contributed by atoms with Crippen LogP contribution in [0.15, 0.2) is 79.1 Å². The van der Waals surface area contributed by atoms with Crippen LogP contribution in [0.2, 0.25) is 0 Å². The van der Waals surface area contributed by atoms with Gasteiger partial charge < -0.3 is 16.0 Å². The molecule has 2 aromatic carbocycles. The largest absolute Gasteiger partial charge is 0.399 e. The van der Waals surface area contributed by atoms with Crippen molar-refractivity contribution in [2.75, 3.05) is 24.6 Å². The first-order chi connectivity index (χ1) is 16.6. The maximum Gasteiger partial charge on any atom is 0.227 e. The number of anilines is 3. The molecule has 168 valence electrons. The molecule has 0 amide bonds. The number of benzene rings is 2. The van der Waals surface area contributed by atoms with Gasteiger partial charge in [-0.25, -0.2) is 14.5 Å². The van der Waals surface area contributed by atoms with Crippen molar-refractivity contribution in [3.8, 4) is 22.5 Å². The van der Waals surface area contributed by atoms with Crippen LogP contribution < -0.4 is 11.1 Å². The molecule has 34 heavy (non-hydrogen) atoms. The van der Waals surface area contributed by atoms with E-state index in [9.17, 15) is 0 Å². The molecule has 0 spiro atoms. The number of pyridine rings is 1. The van der Waals surface area contributed by atoms with Crippen molar-refractivity contribution in [2.45, 2.75) is 13.0 Å². The summed E-state index contributed by atoms with van der Waals surface area (Å²) in [7, 11) is 2.16. The molecule has 1 aliphatic heterocycles. The second kappa shape index (κ2) is 8.28. The third kappa shape index (κ3) is 3.76. The van der Waals surface area contributed by atoms with Crippen LogP contribution in [-0.2, 0) is 13.0 Å². The summed E-state index contributed by atoms with van der Waals surface area (Å²) in [5, 5.41) is 8.24. The van der Waals surface area contributed by atoms with Crippen LogP contribution in [0.3, 0.4) is 0 Å². The van der Waals surface area contributed by atoms with Crippen molar-refractivity contribution in [1.29, 1.82) is 0 Å². The number of rotatable bonds is 4. The molecule has 0 fully saturated rings. The molecule has 7 heteroatoms. The minimum absolute atomic E-state index is 0.551. The fraction of sp³-hybridized carbons (Fsp3) is 0.148. The van der Waals surface area contributed by atoms with Gasteiger partial charge in [-0.15, -0.1) is 0 Å². The number of likely N-dealkylation sites (N-methyl/N-ethyl adjacent to an activating group) is 1. The fourth-order valence-corrected chi connectivity index (χ4v) is 4.60. The number of aromatic nitrogens is 4. The molecule has 0 bridgehead atoms. The molecule has 7 nitrogen and oxygen atoms in total. The molecule has 0 aliphatic carbocycles. The Hall–Kier alpha value is -4.23. The molecule has 3 aromatic heterocycles. The lowest BCUT2D eigenvalue weighted by molar-refractivity contribution is 0.313. The van der Waals surface area contributed by atoms with Crippen LogP contribution in [-0.4, -0.2) is 38.1 Å². The van der Waals surface area contributed by atoms with Crippen LogP contribution >= 0.6 is 0 Å². The summed E-state index contributed by atoms with van der Waals surface area (Å²) in [5.74, 6) is 0.551. The standard InChI is InChI=1S/C27H25N7/c1-33-14-11-18-8-9-22(16-20(18)17-33)30-27-29-12-10-23(31-27)25-24-7-2-3-13-34(24)32-26(25)19-5-4-6-21(28)15-19/h2-10,12-13,15-16H,11,14,17,28H2,1H3,(H,29,30,31). The highest BCUT2D eigenvalue weighted by Crippen LogP contribution is 2.35. The van der Waals surface area contributed by atoms with Gasteiger partial charge in [0.2, 0.25) is 5.95 Å². The predicted octanol–water partition coefficient (Wildman–Crippen LogP) is 4.77. The maximum atomic E-state index is 6.07. The van der Waals surface area contributed by atoms with Crippen LogP contribution in [0.25, 0.3) is 28.0 Å². The van der Waals surface area contributed by atoms with E-state index < -0.39 is 0 Å². The molecule has 3 N–H and O–H groups in total. The highest BCUT2D eigenvalue weighted by molar-refractivity contribution is 5.91. The highest BCUT2D eigenvalue weighted by atomic mass is 15.2. The SMILES string of the molecule is CN1CCc2ccc(Nc3nccc(-c4c(-c5cccc(N)c5)nn5ccccc45)n3)cc2C1. The van der Waals surface area contributed by atoms with Crippen molar-refractivity contribution in [2.24, 2.45) is 0 Å². The quantitative estimate of drug-likeness (QED) is 0.386.